The molecule has 4 rings (SSSR count). The summed E-state index contributed by atoms with van der Waals surface area (Å²) in [5.41, 5.74) is -0.945. The first kappa shape index (κ1) is 18.9. The Labute approximate surface area is 168 Å². The molecule has 0 fully saturated rings. The number of carbonyl (C=O) groups is 2. The van der Waals surface area contributed by atoms with E-state index in [9.17, 15) is 24.3 Å². The van der Waals surface area contributed by atoms with Crippen LogP contribution < -0.4 is 21.3 Å². The fourth-order valence-electron chi connectivity index (χ4n) is 3.00. The maximum Gasteiger partial charge on any atom is 0.335 e. The molecule has 0 atom stereocenters. The molecule has 0 radical (unpaired) electrons. The molecule has 3 aromatic rings. The molecule has 1 aromatic heterocycles. The van der Waals surface area contributed by atoms with Crippen LogP contribution in [0.4, 0.5) is 5.69 Å². The maximum atomic E-state index is 12.2. The van der Waals surface area contributed by atoms with E-state index in [0.29, 0.717) is 11.4 Å². The van der Waals surface area contributed by atoms with Crippen molar-refractivity contribution in [2.24, 2.45) is 4.99 Å². The number of hydrogen-bond acceptors (Lipinski definition) is 7. The first-order valence-electron chi connectivity index (χ1n) is 8.65. The van der Waals surface area contributed by atoms with Crippen LogP contribution in [0.5, 0.6) is 11.6 Å². The van der Waals surface area contributed by atoms with Crippen molar-refractivity contribution in [2.75, 3.05) is 7.11 Å². The minimum absolute atomic E-state index is 0.163. The lowest BCUT2D eigenvalue weighted by Gasteiger charge is -2.10. The third kappa shape index (κ3) is 3.15. The molecule has 0 saturated carbocycles. The number of imide groups is 1. The number of nitrogens with zero attached hydrogens (tertiary/aromatic N) is 2. The van der Waals surface area contributed by atoms with Gasteiger partial charge in [-0.05, 0) is 42.5 Å². The molecule has 10 heteroatoms. The first-order valence-corrected chi connectivity index (χ1v) is 8.65. The zero-order valence-corrected chi connectivity index (χ0v) is 15.5. The third-order valence-corrected chi connectivity index (χ3v) is 4.51. The topological polar surface area (TPSA) is 143 Å². The van der Waals surface area contributed by atoms with E-state index in [1.165, 1.54) is 37.4 Å². The third-order valence-electron chi connectivity index (χ3n) is 4.51. The lowest BCUT2D eigenvalue weighted by Crippen LogP contribution is -2.31. The Kier molecular flexibility index (Phi) is 4.51. The molecule has 1 aliphatic heterocycles. The van der Waals surface area contributed by atoms with E-state index >= 15 is 0 Å². The normalized spacial score (nSPS) is 12.8. The molecule has 30 heavy (non-hydrogen) atoms. The monoisotopic (exact) mass is 406 g/mol. The average Bonchev–Trinajstić information content (AvgIpc) is 3.01. The van der Waals surface area contributed by atoms with Gasteiger partial charge >= 0.3 is 5.69 Å². The molecule has 0 spiro atoms. The van der Waals surface area contributed by atoms with Gasteiger partial charge in [-0.1, -0.05) is 0 Å². The van der Waals surface area contributed by atoms with Gasteiger partial charge in [0.2, 0.25) is 5.88 Å². The van der Waals surface area contributed by atoms with Crippen LogP contribution >= 0.6 is 0 Å². The molecular formula is C20H14N4O6. The minimum Gasteiger partial charge on any atom is -0.497 e. The molecule has 3 N–H and O–H groups in total. The van der Waals surface area contributed by atoms with Crippen molar-refractivity contribution >= 4 is 23.7 Å². The number of ether oxygens (including phenoxy) is 1. The standard InChI is InChI=1S/C20H14N4O6/c1-30-12-5-3-11(4-6-12)24-19(28)15(18(27)23-20(24)29)9-21-10-2-7-13-14(8-10)17(26)22-16(13)25/h2-9,28H,1H3,(H,22,25,26)(H,23,27,29). The SMILES string of the molecule is COc1ccc(-n2c(O)c(C=Nc3ccc4c(c3)C(=O)NC4=O)c(=O)[nH]c2=O)cc1. The smallest absolute Gasteiger partial charge is 0.335 e. The van der Waals surface area contributed by atoms with Gasteiger partial charge in [0.05, 0.1) is 29.6 Å². The van der Waals surface area contributed by atoms with Crippen LogP contribution in [0.1, 0.15) is 26.3 Å². The number of aromatic amines is 1. The highest BCUT2D eigenvalue weighted by atomic mass is 16.5. The number of aromatic nitrogens is 2. The Hall–Kier alpha value is -4.47. The Balaban J connectivity index is 1.76. The molecule has 150 valence electrons. The van der Waals surface area contributed by atoms with Crippen LogP contribution in [-0.2, 0) is 0 Å². The highest BCUT2D eigenvalue weighted by molar-refractivity contribution is 6.21. The molecule has 10 nitrogen and oxygen atoms in total. The van der Waals surface area contributed by atoms with Crippen molar-refractivity contribution in [2.45, 2.75) is 0 Å². The van der Waals surface area contributed by atoms with Crippen LogP contribution in [0.15, 0.2) is 57.0 Å². The van der Waals surface area contributed by atoms with Gasteiger partial charge < -0.3 is 9.84 Å². The highest BCUT2D eigenvalue weighted by Crippen LogP contribution is 2.23. The van der Waals surface area contributed by atoms with Gasteiger partial charge in [0, 0.05) is 6.21 Å². The van der Waals surface area contributed by atoms with Crippen molar-refractivity contribution in [3.05, 3.63) is 80.0 Å². The second kappa shape index (κ2) is 7.17. The van der Waals surface area contributed by atoms with Gasteiger partial charge in [0.1, 0.15) is 11.3 Å². The van der Waals surface area contributed by atoms with Gasteiger partial charge in [-0.3, -0.25) is 29.7 Å². The van der Waals surface area contributed by atoms with Crippen LogP contribution in [0.25, 0.3) is 5.69 Å². The second-order valence-corrected chi connectivity index (χ2v) is 6.30. The molecule has 2 heterocycles. The molecule has 0 aliphatic carbocycles. The second-order valence-electron chi connectivity index (χ2n) is 6.30. The van der Waals surface area contributed by atoms with E-state index < -0.39 is 28.9 Å². The van der Waals surface area contributed by atoms with Gasteiger partial charge in [-0.2, -0.15) is 0 Å². The summed E-state index contributed by atoms with van der Waals surface area (Å²) >= 11 is 0. The Morgan fingerprint density at radius 2 is 1.70 bits per heavy atom. The van der Waals surface area contributed by atoms with E-state index in [0.717, 1.165) is 10.8 Å². The predicted octanol–water partition coefficient (Wildman–Crippen LogP) is 0.874. The van der Waals surface area contributed by atoms with Gasteiger partial charge in [-0.25, -0.2) is 9.36 Å². The number of H-pyrrole nitrogens is 1. The largest absolute Gasteiger partial charge is 0.497 e. The number of rotatable bonds is 4. The number of amides is 2. The number of benzene rings is 2. The van der Waals surface area contributed by atoms with Crippen molar-refractivity contribution in [3.8, 4) is 17.3 Å². The van der Waals surface area contributed by atoms with E-state index in [-0.39, 0.29) is 22.4 Å². The zero-order chi connectivity index (χ0) is 21.4. The summed E-state index contributed by atoms with van der Waals surface area (Å²) in [7, 11) is 1.49. The predicted molar refractivity (Wildman–Crippen MR) is 106 cm³/mol. The fourth-order valence-corrected chi connectivity index (χ4v) is 3.00. The Morgan fingerprint density at radius 3 is 2.40 bits per heavy atom. The maximum absolute atomic E-state index is 12.2. The van der Waals surface area contributed by atoms with E-state index in [1.807, 2.05) is 0 Å². The van der Waals surface area contributed by atoms with Gasteiger partial charge in [-0.15, -0.1) is 0 Å². The number of aromatic hydroxyl groups is 1. The highest BCUT2D eigenvalue weighted by Gasteiger charge is 2.26. The minimum atomic E-state index is -0.833. The summed E-state index contributed by atoms with van der Waals surface area (Å²) in [5, 5.41) is 12.7. The quantitative estimate of drug-likeness (QED) is 0.433. The molecule has 0 bridgehead atoms. The number of aliphatic imine (C=N–C) groups is 1. The lowest BCUT2D eigenvalue weighted by molar-refractivity contribution is 0.0879. The molecular weight excluding hydrogens is 392 g/mol. The summed E-state index contributed by atoms with van der Waals surface area (Å²) in [6.45, 7) is 0. The van der Waals surface area contributed by atoms with Crippen LogP contribution in [0.3, 0.4) is 0 Å². The number of hydrogen-bond donors (Lipinski definition) is 3. The average molecular weight is 406 g/mol. The first-order chi connectivity index (χ1) is 14.4. The number of carbonyl (C=O) groups excluding carboxylic acids is 2. The summed E-state index contributed by atoms with van der Waals surface area (Å²) in [6, 6.07) is 10.6. The van der Waals surface area contributed by atoms with Crippen LogP contribution in [0, 0.1) is 0 Å². The summed E-state index contributed by atoms with van der Waals surface area (Å²) in [6.07, 6.45) is 1.07. The molecule has 0 saturated heterocycles. The number of fused-ring (bicyclic) bond motifs is 1. The van der Waals surface area contributed by atoms with E-state index in [1.54, 1.807) is 12.1 Å². The Bertz CT molecular complexity index is 1330. The van der Waals surface area contributed by atoms with Crippen LogP contribution in [0.2, 0.25) is 0 Å². The molecule has 0 unspecified atom stereocenters. The van der Waals surface area contributed by atoms with Crippen molar-refractivity contribution in [1.82, 2.24) is 14.9 Å². The van der Waals surface area contributed by atoms with E-state index in [2.05, 4.69) is 15.3 Å². The van der Waals surface area contributed by atoms with Gasteiger partial charge in [0.15, 0.2) is 0 Å². The molecule has 2 aromatic carbocycles. The Morgan fingerprint density at radius 1 is 1.00 bits per heavy atom. The summed E-state index contributed by atoms with van der Waals surface area (Å²) < 4.78 is 5.98. The number of methoxy groups -OCH3 is 1. The van der Waals surface area contributed by atoms with Crippen LogP contribution in [-0.4, -0.2) is 39.8 Å². The molecule has 1 aliphatic rings. The zero-order valence-electron chi connectivity index (χ0n) is 15.5. The van der Waals surface area contributed by atoms with Crippen molar-refractivity contribution in [3.63, 3.8) is 0 Å². The van der Waals surface area contributed by atoms with Crippen molar-refractivity contribution < 1.29 is 19.4 Å². The van der Waals surface area contributed by atoms with Crippen molar-refractivity contribution in [1.29, 1.82) is 0 Å². The van der Waals surface area contributed by atoms with Gasteiger partial charge in [0.25, 0.3) is 17.4 Å². The molecule has 2 amide bonds. The summed E-state index contributed by atoms with van der Waals surface area (Å²) in [5.74, 6) is -1.09. The number of nitrogens with one attached hydrogen (secondary N) is 2. The summed E-state index contributed by atoms with van der Waals surface area (Å²) in [4.78, 5) is 54.0. The lowest BCUT2D eigenvalue weighted by atomic mass is 10.1. The van der Waals surface area contributed by atoms with E-state index in [4.69, 9.17) is 4.74 Å². The fraction of sp³-hybridized carbons (Fsp3) is 0.0500.